The number of nitrogens with one attached hydrogen (secondary N) is 1. The molecule has 25 heavy (non-hydrogen) atoms. The Labute approximate surface area is 147 Å². The van der Waals surface area contributed by atoms with Crippen molar-refractivity contribution in [3.05, 3.63) is 77.6 Å². The second kappa shape index (κ2) is 7.66. The third kappa shape index (κ3) is 3.71. The highest BCUT2D eigenvalue weighted by Crippen LogP contribution is 2.24. The van der Waals surface area contributed by atoms with Crippen molar-refractivity contribution < 1.29 is 9.53 Å². The van der Waals surface area contributed by atoms with Crippen molar-refractivity contribution >= 4 is 11.6 Å². The summed E-state index contributed by atoms with van der Waals surface area (Å²) in [5.41, 5.74) is 3.30. The van der Waals surface area contributed by atoms with Gasteiger partial charge in [-0.05, 0) is 24.1 Å². The van der Waals surface area contributed by atoms with Crippen molar-refractivity contribution in [2.75, 3.05) is 12.4 Å². The molecule has 128 valence electrons. The van der Waals surface area contributed by atoms with Gasteiger partial charge >= 0.3 is 0 Å². The lowest BCUT2D eigenvalue weighted by atomic mass is 10.1. The smallest absolute Gasteiger partial charge is 0.259 e. The molecule has 2 aromatic carbocycles. The zero-order valence-corrected chi connectivity index (χ0v) is 14.4. The standard InChI is InChI=1S/C20H21N3O2/c1-3-18-16(13-21-23(18)14-15-9-5-4-6-10-15)20(24)22-17-11-7-8-12-19(17)25-2/h4-13H,3,14H2,1-2H3,(H,22,24). The summed E-state index contributed by atoms with van der Waals surface area (Å²) in [5.74, 6) is 0.450. The highest BCUT2D eigenvalue weighted by molar-refractivity contribution is 6.05. The molecule has 1 N–H and O–H groups in total. The second-order valence-electron chi connectivity index (χ2n) is 5.66. The first-order valence-corrected chi connectivity index (χ1v) is 8.26. The number of amides is 1. The van der Waals surface area contributed by atoms with E-state index in [0.717, 1.165) is 17.7 Å². The largest absolute Gasteiger partial charge is 0.495 e. The predicted molar refractivity (Wildman–Crippen MR) is 98.1 cm³/mol. The third-order valence-corrected chi connectivity index (χ3v) is 4.06. The molecule has 1 aromatic heterocycles. The van der Waals surface area contributed by atoms with Gasteiger partial charge in [0.05, 0.1) is 36.8 Å². The fourth-order valence-corrected chi connectivity index (χ4v) is 2.80. The van der Waals surface area contributed by atoms with Crippen LogP contribution in [0.1, 0.15) is 28.5 Å². The zero-order valence-electron chi connectivity index (χ0n) is 14.4. The van der Waals surface area contributed by atoms with Gasteiger partial charge in [0.2, 0.25) is 0 Å². The maximum atomic E-state index is 12.7. The summed E-state index contributed by atoms with van der Waals surface area (Å²) in [6.07, 6.45) is 2.36. The molecule has 0 unspecified atom stereocenters. The van der Waals surface area contributed by atoms with Gasteiger partial charge in [0.15, 0.2) is 0 Å². The zero-order chi connectivity index (χ0) is 17.6. The molecule has 1 heterocycles. The molecule has 5 heteroatoms. The van der Waals surface area contributed by atoms with Crippen LogP contribution in [0.5, 0.6) is 5.75 Å². The molecule has 3 rings (SSSR count). The summed E-state index contributed by atoms with van der Waals surface area (Å²) in [6, 6.07) is 17.4. The van der Waals surface area contributed by atoms with Gasteiger partial charge in [0, 0.05) is 0 Å². The second-order valence-corrected chi connectivity index (χ2v) is 5.66. The number of benzene rings is 2. The Bertz CT molecular complexity index is 856. The van der Waals surface area contributed by atoms with Crippen LogP contribution in [0, 0.1) is 0 Å². The molecular formula is C20H21N3O2. The number of ether oxygens (including phenoxy) is 1. The van der Waals surface area contributed by atoms with E-state index in [1.54, 1.807) is 13.3 Å². The SMILES string of the molecule is CCc1c(C(=O)Nc2ccccc2OC)cnn1Cc1ccccc1. The van der Waals surface area contributed by atoms with Crippen LogP contribution >= 0.6 is 0 Å². The van der Waals surface area contributed by atoms with Gasteiger partial charge in [-0.1, -0.05) is 49.4 Å². The summed E-state index contributed by atoms with van der Waals surface area (Å²) in [4.78, 5) is 12.7. The molecule has 3 aromatic rings. The molecule has 0 bridgehead atoms. The summed E-state index contributed by atoms with van der Waals surface area (Å²) in [6.45, 7) is 2.67. The fourth-order valence-electron chi connectivity index (χ4n) is 2.80. The molecule has 0 fully saturated rings. The van der Waals surface area contributed by atoms with Crippen LogP contribution in [0.15, 0.2) is 60.8 Å². The molecule has 0 aliphatic heterocycles. The number of nitrogens with zero attached hydrogens (tertiary/aromatic N) is 2. The maximum absolute atomic E-state index is 12.7. The maximum Gasteiger partial charge on any atom is 0.259 e. The highest BCUT2D eigenvalue weighted by atomic mass is 16.5. The molecule has 0 radical (unpaired) electrons. The molecule has 0 spiro atoms. The van der Waals surface area contributed by atoms with Crippen LogP contribution in [0.25, 0.3) is 0 Å². The van der Waals surface area contributed by atoms with E-state index >= 15 is 0 Å². The van der Waals surface area contributed by atoms with Gasteiger partial charge in [0.25, 0.3) is 5.91 Å². The Morgan fingerprint density at radius 1 is 1.12 bits per heavy atom. The van der Waals surface area contributed by atoms with Crippen molar-refractivity contribution in [2.24, 2.45) is 0 Å². The molecule has 0 aliphatic carbocycles. The Morgan fingerprint density at radius 2 is 1.84 bits per heavy atom. The fraction of sp³-hybridized carbons (Fsp3) is 0.200. The lowest BCUT2D eigenvalue weighted by Crippen LogP contribution is -2.15. The Balaban J connectivity index is 1.83. The van der Waals surface area contributed by atoms with Crippen molar-refractivity contribution in [3.8, 4) is 5.75 Å². The number of para-hydroxylation sites is 2. The number of carbonyl (C=O) groups is 1. The summed E-state index contributed by atoms with van der Waals surface area (Å²) in [7, 11) is 1.58. The highest BCUT2D eigenvalue weighted by Gasteiger charge is 2.17. The van der Waals surface area contributed by atoms with Crippen molar-refractivity contribution in [1.82, 2.24) is 9.78 Å². The van der Waals surface area contributed by atoms with Gasteiger partial charge in [-0.25, -0.2) is 0 Å². The van der Waals surface area contributed by atoms with Crippen molar-refractivity contribution in [2.45, 2.75) is 19.9 Å². The van der Waals surface area contributed by atoms with Crippen molar-refractivity contribution in [3.63, 3.8) is 0 Å². The average molecular weight is 335 g/mol. The Hall–Kier alpha value is -3.08. The Kier molecular flexibility index (Phi) is 5.14. The van der Waals surface area contributed by atoms with Crippen LogP contribution in [-0.4, -0.2) is 22.8 Å². The lowest BCUT2D eigenvalue weighted by Gasteiger charge is -2.11. The van der Waals surface area contributed by atoms with Crippen LogP contribution in [0.2, 0.25) is 0 Å². The van der Waals surface area contributed by atoms with E-state index in [1.807, 2.05) is 54.1 Å². The van der Waals surface area contributed by atoms with Crippen LogP contribution in [-0.2, 0) is 13.0 Å². The first kappa shape index (κ1) is 16.8. The molecule has 1 amide bonds. The van der Waals surface area contributed by atoms with E-state index in [-0.39, 0.29) is 5.91 Å². The van der Waals surface area contributed by atoms with E-state index in [2.05, 4.69) is 22.5 Å². The van der Waals surface area contributed by atoms with Crippen LogP contribution < -0.4 is 10.1 Å². The van der Waals surface area contributed by atoms with Gasteiger partial charge in [-0.2, -0.15) is 5.10 Å². The average Bonchev–Trinajstić information content (AvgIpc) is 3.05. The molecule has 0 aliphatic rings. The van der Waals surface area contributed by atoms with E-state index in [9.17, 15) is 4.79 Å². The monoisotopic (exact) mass is 335 g/mol. The molecule has 0 saturated carbocycles. The van der Waals surface area contributed by atoms with Gasteiger partial charge < -0.3 is 10.1 Å². The number of hydrogen-bond acceptors (Lipinski definition) is 3. The number of aromatic nitrogens is 2. The summed E-state index contributed by atoms with van der Waals surface area (Å²) in [5, 5.41) is 7.32. The van der Waals surface area contributed by atoms with Crippen LogP contribution in [0.3, 0.4) is 0 Å². The predicted octanol–water partition coefficient (Wildman–Crippen LogP) is 3.75. The Morgan fingerprint density at radius 3 is 2.56 bits per heavy atom. The van der Waals surface area contributed by atoms with E-state index in [4.69, 9.17) is 4.74 Å². The minimum atomic E-state index is -0.180. The lowest BCUT2D eigenvalue weighted by molar-refractivity contribution is 0.102. The van der Waals surface area contributed by atoms with Gasteiger partial charge in [-0.15, -0.1) is 0 Å². The summed E-state index contributed by atoms with van der Waals surface area (Å²) >= 11 is 0. The molecular weight excluding hydrogens is 314 g/mol. The van der Waals surface area contributed by atoms with Gasteiger partial charge in [-0.3, -0.25) is 9.48 Å². The topological polar surface area (TPSA) is 56.1 Å². The van der Waals surface area contributed by atoms with Crippen molar-refractivity contribution in [1.29, 1.82) is 0 Å². The first-order valence-electron chi connectivity index (χ1n) is 8.26. The van der Waals surface area contributed by atoms with Gasteiger partial charge in [0.1, 0.15) is 5.75 Å². The number of hydrogen-bond donors (Lipinski definition) is 1. The number of carbonyl (C=O) groups excluding carboxylic acids is 1. The molecule has 0 atom stereocenters. The quantitative estimate of drug-likeness (QED) is 0.746. The minimum absolute atomic E-state index is 0.180. The molecule has 0 saturated heterocycles. The first-order chi connectivity index (χ1) is 12.2. The van der Waals surface area contributed by atoms with E-state index in [1.165, 1.54) is 0 Å². The number of rotatable bonds is 6. The van der Waals surface area contributed by atoms with Crippen LogP contribution in [0.4, 0.5) is 5.69 Å². The van der Waals surface area contributed by atoms with E-state index < -0.39 is 0 Å². The third-order valence-electron chi connectivity index (χ3n) is 4.06. The number of anilines is 1. The van der Waals surface area contributed by atoms with E-state index in [0.29, 0.717) is 23.5 Å². The number of methoxy groups -OCH3 is 1. The normalized spacial score (nSPS) is 10.5. The minimum Gasteiger partial charge on any atom is -0.495 e. The molecule has 5 nitrogen and oxygen atoms in total. The summed E-state index contributed by atoms with van der Waals surface area (Å²) < 4.78 is 7.17.